The van der Waals surface area contributed by atoms with Gasteiger partial charge >= 0.3 is 0 Å². The highest BCUT2D eigenvalue weighted by atomic mass is 15.1. The summed E-state index contributed by atoms with van der Waals surface area (Å²) in [6.07, 6.45) is 2.74. The first-order chi connectivity index (χ1) is 8.93. The highest BCUT2D eigenvalue weighted by molar-refractivity contribution is 5.93. The standard InChI is InChI=1S/C16H20N2/c1-2-8-15-14(6-1)7-5-9-16(15)17-10-13-18-11-3-4-12-18/h1-2,5-9,17H,3-4,10-13H2. The van der Waals surface area contributed by atoms with Crippen LogP contribution in [-0.2, 0) is 0 Å². The summed E-state index contributed by atoms with van der Waals surface area (Å²) in [7, 11) is 0. The van der Waals surface area contributed by atoms with Crippen molar-refractivity contribution in [2.45, 2.75) is 12.8 Å². The molecule has 0 spiro atoms. The Bertz CT molecular complexity index is 510. The summed E-state index contributed by atoms with van der Waals surface area (Å²) in [5, 5.41) is 6.20. The second kappa shape index (κ2) is 5.40. The van der Waals surface area contributed by atoms with Gasteiger partial charge in [0.15, 0.2) is 0 Å². The number of hydrogen-bond acceptors (Lipinski definition) is 2. The van der Waals surface area contributed by atoms with E-state index in [2.05, 4.69) is 52.7 Å². The summed E-state index contributed by atoms with van der Waals surface area (Å²) in [6, 6.07) is 15.0. The Morgan fingerprint density at radius 2 is 1.72 bits per heavy atom. The summed E-state index contributed by atoms with van der Waals surface area (Å²) in [5.74, 6) is 0. The predicted octanol–water partition coefficient (Wildman–Crippen LogP) is 3.35. The molecule has 1 aliphatic heterocycles. The molecule has 0 aliphatic carbocycles. The fraction of sp³-hybridized carbons (Fsp3) is 0.375. The molecule has 0 amide bonds. The van der Waals surface area contributed by atoms with Crippen molar-refractivity contribution in [3.63, 3.8) is 0 Å². The van der Waals surface area contributed by atoms with E-state index in [4.69, 9.17) is 0 Å². The molecule has 0 atom stereocenters. The van der Waals surface area contributed by atoms with Gasteiger partial charge in [-0.3, -0.25) is 0 Å². The Hall–Kier alpha value is -1.54. The molecule has 2 nitrogen and oxygen atoms in total. The second-order valence-electron chi connectivity index (χ2n) is 5.00. The first kappa shape index (κ1) is 11.5. The van der Waals surface area contributed by atoms with Crippen LogP contribution in [-0.4, -0.2) is 31.1 Å². The van der Waals surface area contributed by atoms with Crippen LogP contribution in [0.25, 0.3) is 10.8 Å². The Kier molecular flexibility index (Phi) is 3.47. The van der Waals surface area contributed by atoms with E-state index in [-0.39, 0.29) is 0 Å². The maximum atomic E-state index is 3.57. The normalized spacial score (nSPS) is 16.2. The predicted molar refractivity (Wildman–Crippen MR) is 78.1 cm³/mol. The Morgan fingerprint density at radius 3 is 2.61 bits per heavy atom. The molecule has 1 heterocycles. The average molecular weight is 240 g/mol. The number of nitrogens with one attached hydrogen (secondary N) is 1. The minimum absolute atomic E-state index is 1.04. The molecule has 1 aliphatic rings. The minimum atomic E-state index is 1.04. The first-order valence-corrected chi connectivity index (χ1v) is 6.87. The van der Waals surface area contributed by atoms with Gasteiger partial charge in [0.1, 0.15) is 0 Å². The smallest absolute Gasteiger partial charge is 0.0420 e. The molecule has 3 rings (SSSR count). The number of rotatable bonds is 4. The molecule has 0 aromatic heterocycles. The van der Waals surface area contributed by atoms with Gasteiger partial charge in [-0.15, -0.1) is 0 Å². The van der Waals surface area contributed by atoms with E-state index in [1.807, 2.05) is 0 Å². The van der Waals surface area contributed by atoms with Crippen molar-refractivity contribution in [1.82, 2.24) is 4.90 Å². The highest BCUT2D eigenvalue weighted by Crippen LogP contribution is 2.22. The number of anilines is 1. The van der Waals surface area contributed by atoms with E-state index >= 15 is 0 Å². The monoisotopic (exact) mass is 240 g/mol. The molecular weight excluding hydrogens is 220 g/mol. The average Bonchev–Trinajstić information content (AvgIpc) is 2.92. The third kappa shape index (κ3) is 2.49. The minimum Gasteiger partial charge on any atom is -0.383 e. The zero-order valence-electron chi connectivity index (χ0n) is 10.7. The fourth-order valence-corrected chi connectivity index (χ4v) is 2.73. The number of nitrogens with zero attached hydrogens (tertiary/aromatic N) is 1. The number of benzene rings is 2. The maximum Gasteiger partial charge on any atom is 0.0420 e. The van der Waals surface area contributed by atoms with Gasteiger partial charge in [-0.1, -0.05) is 36.4 Å². The lowest BCUT2D eigenvalue weighted by Crippen LogP contribution is -2.25. The van der Waals surface area contributed by atoms with Crippen molar-refractivity contribution < 1.29 is 0 Å². The molecule has 0 saturated carbocycles. The highest BCUT2D eigenvalue weighted by Gasteiger charge is 2.10. The molecule has 18 heavy (non-hydrogen) atoms. The van der Waals surface area contributed by atoms with Crippen molar-refractivity contribution in [3.8, 4) is 0 Å². The van der Waals surface area contributed by atoms with Crippen molar-refractivity contribution in [2.24, 2.45) is 0 Å². The van der Waals surface area contributed by atoms with E-state index in [9.17, 15) is 0 Å². The Labute approximate surface area is 109 Å². The van der Waals surface area contributed by atoms with Crippen molar-refractivity contribution >= 4 is 16.5 Å². The van der Waals surface area contributed by atoms with Crippen LogP contribution in [0.2, 0.25) is 0 Å². The van der Waals surface area contributed by atoms with E-state index in [0.29, 0.717) is 0 Å². The first-order valence-electron chi connectivity index (χ1n) is 6.87. The molecule has 2 aromatic rings. The lowest BCUT2D eigenvalue weighted by atomic mass is 10.1. The molecule has 1 fully saturated rings. The third-order valence-corrected chi connectivity index (χ3v) is 3.73. The van der Waals surface area contributed by atoms with Crippen LogP contribution >= 0.6 is 0 Å². The summed E-state index contributed by atoms with van der Waals surface area (Å²) in [4.78, 5) is 2.54. The summed E-state index contributed by atoms with van der Waals surface area (Å²) >= 11 is 0. The Morgan fingerprint density at radius 1 is 0.944 bits per heavy atom. The van der Waals surface area contributed by atoms with Crippen LogP contribution in [0.1, 0.15) is 12.8 Å². The van der Waals surface area contributed by atoms with Crippen LogP contribution in [0.5, 0.6) is 0 Å². The molecule has 2 heteroatoms. The third-order valence-electron chi connectivity index (χ3n) is 3.73. The number of hydrogen-bond donors (Lipinski definition) is 1. The van der Waals surface area contributed by atoms with Gasteiger partial charge in [0.2, 0.25) is 0 Å². The molecule has 0 bridgehead atoms. The molecule has 2 aromatic carbocycles. The van der Waals surface area contributed by atoms with Crippen LogP contribution in [0.15, 0.2) is 42.5 Å². The number of likely N-dealkylation sites (tertiary alicyclic amines) is 1. The van der Waals surface area contributed by atoms with E-state index in [0.717, 1.165) is 13.1 Å². The van der Waals surface area contributed by atoms with E-state index < -0.39 is 0 Å². The van der Waals surface area contributed by atoms with Gasteiger partial charge in [0.05, 0.1) is 0 Å². The SMILES string of the molecule is c1ccc2c(NCCN3CCCC3)cccc2c1. The number of fused-ring (bicyclic) bond motifs is 1. The van der Waals surface area contributed by atoms with Crippen molar-refractivity contribution in [2.75, 3.05) is 31.5 Å². The van der Waals surface area contributed by atoms with Crippen LogP contribution in [0.3, 0.4) is 0 Å². The van der Waals surface area contributed by atoms with Gasteiger partial charge in [0, 0.05) is 24.2 Å². The van der Waals surface area contributed by atoms with E-state index in [1.54, 1.807) is 0 Å². The zero-order valence-corrected chi connectivity index (χ0v) is 10.7. The van der Waals surface area contributed by atoms with Gasteiger partial charge in [-0.25, -0.2) is 0 Å². The summed E-state index contributed by atoms with van der Waals surface area (Å²) < 4.78 is 0. The van der Waals surface area contributed by atoms with Gasteiger partial charge in [0.25, 0.3) is 0 Å². The Balaban J connectivity index is 1.66. The van der Waals surface area contributed by atoms with E-state index in [1.165, 1.54) is 42.4 Å². The fourth-order valence-electron chi connectivity index (χ4n) is 2.73. The van der Waals surface area contributed by atoms with Crippen LogP contribution < -0.4 is 5.32 Å². The second-order valence-corrected chi connectivity index (χ2v) is 5.00. The molecule has 0 unspecified atom stereocenters. The molecule has 1 saturated heterocycles. The largest absolute Gasteiger partial charge is 0.383 e. The topological polar surface area (TPSA) is 15.3 Å². The van der Waals surface area contributed by atoms with Gasteiger partial charge in [-0.05, 0) is 37.4 Å². The van der Waals surface area contributed by atoms with Gasteiger partial charge in [-0.2, -0.15) is 0 Å². The zero-order chi connectivity index (χ0) is 12.2. The molecular formula is C16H20N2. The van der Waals surface area contributed by atoms with Gasteiger partial charge < -0.3 is 10.2 Å². The van der Waals surface area contributed by atoms with Crippen LogP contribution in [0.4, 0.5) is 5.69 Å². The quantitative estimate of drug-likeness (QED) is 0.881. The lowest BCUT2D eigenvalue weighted by molar-refractivity contribution is 0.353. The summed E-state index contributed by atoms with van der Waals surface area (Å²) in [6.45, 7) is 4.74. The van der Waals surface area contributed by atoms with Crippen molar-refractivity contribution in [3.05, 3.63) is 42.5 Å². The lowest BCUT2D eigenvalue weighted by Gasteiger charge is -2.16. The molecule has 1 N–H and O–H groups in total. The summed E-state index contributed by atoms with van der Waals surface area (Å²) in [5.41, 5.74) is 1.26. The molecule has 0 radical (unpaired) electrons. The maximum absolute atomic E-state index is 3.57. The van der Waals surface area contributed by atoms with Crippen molar-refractivity contribution in [1.29, 1.82) is 0 Å². The molecule has 94 valence electrons. The van der Waals surface area contributed by atoms with Crippen LogP contribution in [0, 0.1) is 0 Å².